The molecule has 0 bridgehead atoms. The molecule has 1 saturated heterocycles. The number of amides is 1. The summed E-state index contributed by atoms with van der Waals surface area (Å²) in [6, 6.07) is 5.71. The molecule has 4 aromatic rings. The summed E-state index contributed by atoms with van der Waals surface area (Å²) >= 11 is 0. The van der Waals surface area contributed by atoms with Gasteiger partial charge in [-0.1, -0.05) is 0 Å². The van der Waals surface area contributed by atoms with Crippen LogP contribution in [0.4, 0.5) is 23.0 Å². The largest absolute Gasteiger partial charge is 0.495 e. The van der Waals surface area contributed by atoms with Crippen LogP contribution in [0.2, 0.25) is 0 Å². The first-order valence-electron chi connectivity index (χ1n) is 11.4. The lowest BCUT2D eigenvalue weighted by Crippen LogP contribution is -2.36. The maximum Gasteiger partial charge on any atom is 0.271 e. The van der Waals surface area contributed by atoms with Crippen LogP contribution in [-0.4, -0.2) is 70.9 Å². The second kappa shape index (κ2) is 9.66. The molecule has 1 aliphatic heterocycles. The van der Waals surface area contributed by atoms with Gasteiger partial charge >= 0.3 is 0 Å². The van der Waals surface area contributed by atoms with Crippen molar-refractivity contribution in [2.24, 2.45) is 12.8 Å². The Kier molecular flexibility index (Phi) is 6.25. The standard InChI is InChI=1S/C24H27N9O3/c1-26-23-20(15-11-27-12-17-19(15)28-13-32(17)2)30-21(22(25)34)24(31-23)29-14-4-5-16(18(10-14)35-3)33-6-8-36-9-7-33/h4-5,10-13H,6-9H2,1-3H3,(H2,25,34)(H2,26,29,31). The molecule has 12 heteroatoms. The number of nitrogens with one attached hydrogen (secondary N) is 2. The van der Waals surface area contributed by atoms with E-state index in [9.17, 15) is 4.79 Å². The number of ether oxygens (including phenoxy) is 2. The smallest absolute Gasteiger partial charge is 0.271 e. The molecule has 0 unspecified atom stereocenters. The van der Waals surface area contributed by atoms with Gasteiger partial charge in [-0.3, -0.25) is 9.78 Å². The van der Waals surface area contributed by atoms with E-state index in [2.05, 4.69) is 35.5 Å². The molecule has 4 heterocycles. The number of anilines is 4. The van der Waals surface area contributed by atoms with Crippen LogP contribution in [0.1, 0.15) is 10.5 Å². The van der Waals surface area contributed by atoms with Crippen LogP contribution >= 0.6 is 0 Å². The number of morpholine rings is 1. The highest BCUT2D eigenvalue weighted by Crippen LogP contribution is 2.35. The Hall–Kier alpha value is -4.45. The Bertz CT molecular complexity index is 1430. The minimum Gasteiger partial charge on any atom is -0.495 e. The van der Waals surface area contributed by atoms with E-state index in [-0.39, 0.29) is 11.5 Å². The summed E-state index contributed by atoms with van der Waals surface area (Å²) in [5, 5.41) is 6.24. The van der Waals surface area contributed by atoms with Crippen LogP contribution in [0.15, 0.2) is 36.9 Å². The molecule has 186 valence electrons. The molecule has 0 atom stereocenters. The molecule has 1 fully saturated rings. The molecule has 1 amide bonds. The first-order chi connectivity index (χ1) is 17.5. The SMILES string of the molecule is CNc1nc(Nc2ccc(N3CCOCC3)c(OC)c2)c(C(N)=O)nc1-c1cncc2c1ncn2C. The number of rotatable bonds is 7. The van der Waals surface area contributed by atoms with E-state index in [1.807, 2.05) is 29.8 Å². The fraction of sp³-hybridized carbons (Fsp3) is 0.292. The first-order valence-corrected chi connectivity index (χ1v) is 11.4. The van der Waals surface area contributed by atoms with Crippen molar-refractivity contribution >= 4 is 40.0 Å². The topological polar surface area (TPSA) is 145 Å². The number of benzene rings is 1. The van der Waals surface area contributed by atoms with Crippen LogP contribution in [0.3, 0.4) is 0 Å². The minimum atomic E-state index is -0.716. The van der Waals surface area contributed by atoms with Gasteiger partial charge in [-0.2, -0.15) is 0 Å². The Morgan fingerprint density at radius 3 is 2.69 bits per heavy atom. The van der Waals surface area contributed by atoms with Crippen molar-refractivity contribution < 1.29 is 14.3 Å². The number of aryl methyl sites for hydroxylation is 1. The lowest BCUT2D eigenvalue weighted by molar-refractivity contribution is 0.0996. The molecule has 3 aromatic heterocycles. The molecule has 0 spiro atoms. The van der Waals surface area contributed by atoms with Gasteiger partial charge < -0.3 is 35.3 Å². The van der Waals surface area contributed by atoms with Crippen molar-refractivity contribution in [3.8, 4) is 17.0 Å². The van der Waals surface area contributed by atoms with E-state index in [0.29, 0.717) is 47.2 Å². The van der Waals surface area contributed by atoms with Crippen LogP contribution in [0.25, 0.3) is 22.3 Å². The number of pyridine rings is 1. The third-order valence-electron chi connectivity index (χ3n) is 6.05. The second-order valence-electron chi connectivity index (χ2n) is 8.25. The molecule has 4 N–H and O–H groups in total. The number of primary amides is 1. The van der Waals surface area contributed by atoms with E-state index in [0.717, 1.165) is 24.3 Å². The molecular weight excluding hydrogens is 462 g/mol. The third kappa shape index (κ3) is 4.22. The van der Waals surface area contributed by atoms with E-state index in [1.54, 1.807) is 32.9 Å². The van der Waals surface area contributed by atoms with Gasteiger partial charge in [0.05, 0.1) is 49.6 Å². The number of imidazole rings is 1. The van der Waals surface area contributed by atoms with Crippen LogP contribution in [-0.2, 0) is 11.8 Å². The number of nitrogens with two attached hydrogens (primary N) is 1. The predicted molar refractivity (Wildman–Crippen MR) is 137 cm³/mol. The summed E-state index contributed by atoms with van der Waals surface area (Å²) < 4.78 is 13.0. The van der Waals surface area contributed by atoms with Crippen molar-refractivity contribution in [3.63, 3.8) is 0 Å². The van der Waals surface area contributed by atoms with Crippen LogP contribution < -0.4 is 26.0 Å². The number of methoxy groups -OCH3 is 1. The van der Waals surface area contributed by atoms with Gasteiger partial charge in [0.25, 0.3) is 5.91 Å². The van der Waals surface area contributed by atoms with Crippen LogP contribution in [0, 0.1) is 0 Å². The fourth-order valence-corrected chi connectivity index (χ4v) is 4.23. The van der Waals surface area contributed by atoms with Gasteiger partial charge in [0.15, 0.2) is 17.3 Å². The highest BCUT2D eigenvalue weighted by molar-refractivity contribution is 5.99. The summed E-state index contributed by atoms with van der Waals surface area (Å²) in [7, 11) is 5.23. The number of carbonyl (C=O) groups is 1. The van der Waals surface area contributed by atoms with E-state index in [4.69, 9.17) is 15.2 Å². The second-order valence-corrected chi connectivity index (χ2v) is 8.25. The number of fused-ring (bicyclic) bond motifs is 1. The number of hydrogen-bond donors (Lipinski definition) is 3. The van der Waals surface area contributed by atoms with Gasteiger partial charge in [0.1, 0.15) is 17.0 Å². The Balaban J connectivity index is 1.55. The molecule has 0 saturated carbocycles. The van der Waals surface area contributed by atoms with Crippen LogP contribution in [0.5, 0.6) is 5.75 Å². The molecule has 12 nitrogen and oxygen atoms in total. The van der Waals surface area contributed by atoms with Gasteiger partial charge in [-0.15, -0.1) is 0 Å². The third-order valence-corrected chi connectivity index (χ3v) is 6.05. The van der Waals surface area contributed by atoms with Crippen molar-refractivity contribution in [2.75, 3.05) is 56.0 Å². The average molecular weight is 490 g/mol. The van der Waals surface area contributed by atoms with E-state index < -0.39 is 5.91 Å². The van der Waals surface area contributed by atoms with Gasteiger partial charge in [0.2, 0.25) is 0 Å². The molecule has 36 heavy (non-hydrogen) atoms. The highest BCUT2D eigenvalue weighted by Gasteiger charge is 2.22. The summed E-state index contributed by atoms with van der Waals surface area (Å²) in [4.78, 5) is 32.7. The Morgan fingerprint density at radius 2 is 1.97 bits per heavy atom. The molecule has 1 aliphatic rings. The Labute approximate surface area is 207 Å². The van der Waals surface area contributed by atoms with E-state index >= 15 is 0 Å². The maximum absolute atomic E-state index is 12.4. The van der Waals surface area contributed by atoms with Crippen molar-refractivity contribution in [1.82, 2.24) is 24.5 Å². The minimum absolute atomic E-state index is 0.00634. The molecular formula is C24H27N9O3. The fourth-order valence-electron chi connectivity index (χ4n) is 4.23. The van der Waals surface area contributed by atoms with Gasteiger partial charge in [-0.05, 0) is 12.1 Å². The monoisotopic (exact) mass is 489 g/mol. The molecule has 0 radical (unpaired) electrons. The zero-order chi connectivity index (χ0) is 25.2. The van der Waals surface area contributed by atoms with Crippen molar-refractivity contribution in [1.29, 1.82) is 0 Å². The maximum atomic E-state index is 12.4. The van der Waals surface area contributed by atoms with Gasteiger partial charge in [0, 0.05) is 45.1 Å². The summed E-state index contributed by atoms with van der Waals surface area (Å²) in [5.41, 5.74) is 9.93. The van der Waals surface area contributed by atoms with Crippen molar-refractivity contribution in [3.05, 3.63) is 42.6 Å². The highest BCUT2D eigenvalue weighted by atomic mass is 16.5. The van der Waals surface area contributed by atoms with E-state index in [1.165, 1.54) is 0 Å². The summed E-state index contributed by atoms with van der Waals surface area (Å²) in [6.45, 7) is 2.90. The lowest BCUT2D eigenvalue weighted by atomic mass is 10.1. The number of aromatic nitrogens is 5. The zero-order valence-electron chi connectivity index (χ0n) is 20.3. The number of carbonyl (C=O) groups excluding carboxylic acids is 1. The lowest BCUT2D eigenvalue weighted by Gasteiger charge is -2.30. The number of hydrogen-bond acceptors (Lipinski definition) is 10. The van der Waals surface area contributed by atoms with Crippen molar-refractivity contribution in [2.45, 2.75) is 0 Å². The summed E-state index contributed by atoms with van der Waals surface area (Å²) in [5.74, 6) is 0.637. The zero-order valence-corrected chi connectivity index (χ0v) is 20.3. The summed E-state index contributed by atoms with van der Waals surface area (Å²) in [6.07, 6.45) is 5.06. The predicted octanol–water partition coefficient (Wildman–Crippen LogP) is 2.15. The average Bonchev–Trinajstić information content (AvgIpc) is 3.29. The van der Waals surface area contributed by atoms with Gasteiger partial charge in [-0.25, -0.2) is 15.0 Å². The molecule has 1 aromatic carbocycles. The normalized spacial score (nSPS) is 13.6. The molecule has 0 aliphatic carbocycles. The quantitative estimate of drug-likeness (QED) is 0.353. The Morgan fingerprint density at radius 1 is 1.17 bits per heavy atom. The first kappa shape index (κ1) is 23.3. The number of nitrogens with zero attached hydrogens (tertiary/aromatic N) is 6. The molecule has 5 rings (SSSR count).